The Morgan fingerprint density at radius 2 is 1.63 bits per heavy atom. The van der Waals surface area contributed by atoms with Gasteiger partial charge in [-0.05, 0) is 72.8 Å². The normalized spacial score (nSPS) is 24.3. The first-order chi connectivity index (χ1) is 23.6. The van der Waals surface area contributed by atoms with E-state index in [-0.39, 0.29) is 60.2 Å². The van der Waals surface area contributed by atoms with Gasteiger partial charge in [0.25, 0.3) is 5.91 Å². The Balaban J connectivity index is 1.23. The molecular weight excluding hydrogens is 622 g/mol. The number of aliphatic hydroxyl groups is 1. The first kappa shape index (κ1) is 34.9. The van der Waals surface area contributed by atoms with Crippen LogP contribution in [0.2, 0.25) is 0 Å². The lowest BCUT2D eigenvalue weighted by atomic mass is 9.83. The zero-order valence-corrected chi connectivity index (χ0v) is 29.2. The molecule has 6 rings (SSSR count). The Kier molecular flexibility index (Phi) is 10.6. The second-order valence-corrected chi connectivity index (χ2v) is 15.1. The molecule has 0 bridgehead atoms. The first-order valence-corrected chi connectivity index (χ1v) is 18.3. The van der Waals surface area contributed by atoms with Crippen LogP contribution in [0.5, 0.6) is 0 Å². The van der Waals surface area contributed by atoms with Gasteiger partial charge in [0.2, 0.25) is 11.8 Å². The maximum atomic E-state index is 14.4. The molecule has 5 N–H and O–H groups in total. The number of anilines is 1. The zero-order valence-electron chi connectivity index (χ0n) is 29.2. The lowest BCUT2D eigenvalue weighted by Gasteiger charge is -2.39. The molecule has 2 aromatic rings. The third-order valence-corrected chi connectivity index (χ3v) is 11.6. The summed E-state index contributed by atoms with van der Waals surface area (Å²) in [5, 5.41) is 26.8. The van der Waals surface area contributed by atoms with Crippen molar-refractivity contribution in [1.29, 1.82) is 0 Å². The average molecular weight is 676 g/mol. The maximum Gasteiger partial charge on any atom is 0.318 e. The van der Waals surface area contributed by atoms with Crippen LogP contribution in [0.3, 0.4) is 0 Å². The summed E-state index contributed by atoms with van der Waals surface area (Å²) >= 11 is 0. The van der Waals surface area contributed by atoms with Crippen LogP contribution in [0.15, 0.2) is 30.5 Å². The molecular formula is C37H53N7O5. The summed E-state index contributed by atoms with van der Waals surface area (Å²) in [5.41, 5.74) is 1.64. The van der Waals surface area contributed by atoms with Crippen LogP contribution in [0.1, 0.15) is 99.7 Å². The highest BCUT2D eigenvalue weighted by Gasteiger charge is 2.54. The highest BCUT2D eigenvalue weighted by molar-refractivity contribution is 6.01. The van der Waals surface area contributed by atoms with Crippen LogP contribution >= 0.6 is 0 Å². The molecule has 1 aromatic heterocycles. The van der Waals surface area contributed by atoms with Crippen molar-refractivity contribution in [2.75, 3.05) is 18.5 Å². The fourth-order valence-electron chi connectivity index (χ4n) is 8.56. The second kappa shape index (κ2) is 14.9. The van der Waals surface area contributed by atoms with Gasteiger partial charge in [0.1, 0.15) is 17.3 Å². The molecule has 3 fully saturated rings. The Morgan fingerprint density at radius 1 is 0.959 bits per heavy atom. The Hall–Kier alpha value is -3.93. The number of aliphatic hydroxyl groups excluding tert-OH is 1. The summed E-state index contributed by atoms with van der Waals surface area (Å²) < 4.78 is 1.50. The number of urea groups is 1. The number of aryl methyl sites for hydroxylation is 1. The molecule has 12 nitrogen and oxygen atoms in total. The van der Waals surface area contributed by atoms with E-state index in [0.717, 1.165) is 68.9 Å². The van der Waals surface area contributed by atoms with Crippen molar-refractivity contribution in [3.05, 3.63) is 47.3 Å². The van der Waals surface area contributed by atoms with Gasteiger partial charge in [0.15, 0.2) is 0 Å². The largest absolute Gasteiger partial charge is 0.394 e. The minimum absolute atomic E-state index is 0.0166. The van der Waals surface area contributed by atoms with E-state index >= 15 is 0 Å². The predicted octanol–water partition coefficient (Wildman–Crippen LogP) is 3.68. The molecule has 4 atom stereocenters. The molecule has 12 heteroatoms. The van der Waals surface area contributed by atoms with Gasteiger partial charge in [-0.25, -0.2) is 4.79 Å². The van der Waals surface area contributed by atoms with Crippen LogP contribution in [-0.4, -0.2) is 80.4 Å². The number of fused-ring (bicyclic) bond motifs is 1. The average Bonchev–Trinajstić information content (AvgIpc) is 3.83. The van der Waals surface area contributed by atoms with Crippen molar-refractivity contribution in [1.82, 2.24) is 30.6 Å². The Labute approximate surface area is 289 Å². The summed E-state index contributed by atoms with van der Waals surface area (Å²) in [7, 11) is 1.70. The van der Waals surface area contributed by atoms with Crippen LogP contribution in [0, 0.1) is 17.8 Å². The molecule has 0 spiro atoms. The molecule has 1 aliphatic heterocycles. The van der Waals surface area contributed by atoms with Crippen molar-refractivity contribution in [3.63, 3.8) is 0 Å². The zero-order chi connectivity index (χ0) is 34.7. The van der Waals surface area contributed by atoms with E-state index < -0.39 is 11.6 Å². The standard InChI is InChI=1S/C37H53N7O5/c1-23(2)29-21-44(36(49)41-29)37(35(48)40-30(22-45)24-10-6-4-7-11-24)19-26-14-15-28(18-27(26)20-37)39-34(47)32(25-12-8-5-9-13-25)42-33(46)31-16-17-38-43(31)3/h14-18,23-25,29-30,32,45H,4-13,19-22H2,1-3H3,(H,39,47)(H,40,48)(H,41,49)(H,42,46)/t29?,30-,32?,37?/m1/s1. The number of carbonyl (C=O) groups excluding carboxylic acids is 4. The van der Waals surface area contributed by atoms with Gasteiger partial charge < -0.3 is 31.3 Å². The number of nitrogens with one attached hydrogen (secondary N) is 4. The van der Waals surface area contributed by atoms with E-state index in [1.165, 1.54) is 11.1 Å². The molecule has 1 saturated heterocycles. The summed E-state index contributed by atoms with van der Waals surface area (Å²) in [6.45, 7) is 4.39. The molecule has 0 radical (unpaired) electrons. The van der Waals surface area contributed by atoms with Crippen molar-refractivity contribution in [2.24, 2.45) is 24.8 Å². The number of nitrogens with zero attached hydrogens (tertiary/aromatic N) is 3. The van der Waals surface area contributed by atoms with Gasteiger partial charge in [-0.3, -0.25) is 19.1 Å². The van der Waals surface area contributed by atoms with Gasteiger partial charge >= 0.3 is 6.03 Å². The highest BCUT2D eigenvalue weighted by atomic mass is 16.3. The summed E-state index contributed by atoms with van der Waals surface area (Å²) in [5.74, 6) is -0.439. The summed E-state index contributed by atoms with van der Waals surface area (Å²) in [4.78, 5) is 56.8. The first-order valence-electron chi connectivity index (χ1n) is 18.3. The van der Waals surface area contributed by atoms with Gasteiger partial charge in [-0.2, -0.15) is 5.10 Å². The Bertz CT molecular complexity index is 1530. The molecule has 2 heterocycles. The second-order valence-electron chi connectivity index (χ2n) is 15.1. The minimum atomic E-state index is -1.16. The third kappa shape index (κ3) is 7.34. The monoisotopic (exact) mass is 675 g/mol. The third-order valence-electron chi connectivity index (χ3n) is 11.6. The molecule has 3 aliphatic carbocycles. The van der Waals surface area contributed by atoms with Crippen molar-refractivity contribution < 1.29 is 24.3 Å². The minimum Gasteiger partial charge on any atom is -0.394 e. The van der Waals surface area contributed by atoms with Crippen LogP contribution < -0.4 is 21.3 Å². The number of hydrogen-bond acceptors (Lipinski definition) is 6. The highest BCUT2D eigenvalue weighted by Crippen LogP contribution is 2.39. The van der Waals surface area contributed by atoms with Crippen LogP contribution in [0.4, 0.5) is 10.5 Å². The van der Waals surface area contributed by atoms with Crippen LogP contribution in [-0.2, 0) is 29.5 Å². The number of benzene rings is 1. The van der Waals surface area contributed by atoms with Gasteiger partial charge in [0, 0.05) is 38.3 Å². The van der Waals surface area contributed by atoms with E-state index in [1.54, 1.807) is 24.2 Å². The van der Waals surface area contributed by atoms with E-state index in [1.807, 2.05) is 18.2 Å². The lowest BCUT2D eigenvalue weighted by molar-refractivity contribution is -0.133. The van der Waals surface area contributed by atoms with Crippen molar-refractivity contribution in [3.8, 4) is 0 Å². The summed E-state index contributed by atoms with van der Waals surface area (Å²) in [6, 6.07) is 5.89. The van der Waals surface area contributed by atoms with Gasteiger partial charge in [-0.1, -0.05) is 58.4 Å². The fraction of sp³-hybridized carbons (Fsp3) is 0.649. The topological polar surface area (TPSA) is 158 Å². The molecule has 2 saturated carbocycles. The summed E-state index contributed by atoms with van der Waals surface area (Å²) in [6.07, 6.45) is 12.3. The fourth-order valence-corrected chi connectivity index (χ4v) is 8.56. The molecule has 3 unspecified atom stereocenters. The molecule has 49 heavy (non-hydrogen) atoms. The van der Waals surface area contributed by atoms with Crippen molar-refractivity contribution in [2.45, 2.75) is 115 Å². The van der Waals surface area contributed by atoms with E-state index in [9.17, 15) is 24.3 Å². The number of aromatic nitrogens is 2. The number of rotatable bonds is 11. The molecule has 1 aromatic carbocycles. The Morgan fingerprint density at radius 3 is 2.24 bits per heavy atom. The number of amides is 5. The van der Waals surface area contributed by atoms with E-state index in [0.29, 0.717) is 30.8 Å². The van der Waals surface area contributed by atoms with E-state index in [2.05, 4.69) is 40.2 Å². The smallest absolute Gasteiger partial charge is 0.318 e. The molecule has 4 aliphatic rings. The quantitative estimate of drug-likeness (QED) is 0.245. The van der Waals surface area contributed by atoms with Crippen molar-refractivity contribution >= 4 is 29.4 Å². The van der Waals surface area contributed by atoms with Gasteiger partial charge in [0.05, 0.1) is 18.7 Å². The number of hydrogen-bond donors (Lipinski definition) is 5. The van der Waals surface area contributed by atoms with E-state index in [4.69, 9.17) is 0 Å². The maximum absolute atomic E-state index is 14.4. The number of carbonyl (C=O) groups is 4. The predicted molar refractivity (Wildman–Crippen MR) is 186 cm³/mol. The van der Waals surface area contributed by atoms with Gasteiger partial charge in [-0.15, -0.1) is 0 Å². The SMILES string of the molecule is CC(C)C1CN(C2(C(=O)N[C@H](CO)C3CCCCC3)Cc3ccc(NC(=O)C(NC(=O)c4ccnn4C)C4CCCCC4)cc3C2)C(=O)N1. The van der Waals surface area contributed by atoms with Crippen LogP contribution in [0.25, 0.3) is 0 Å². The molecule has 5 amide bonds. The molecule has 266 valence electrons. The lowest BCUT2D eigenvalue weighted by Crippen LogP contribution is -2.63.